The summed E-state index contributed by atoms with van der Waals surface area (Å²) in [6.45, 7) is 8.69. The van der Waals surface area contributed by atoms with Crippen molar-refractivity contribution in [2.24, 2.45) is 0 Å². The minimum Gasteiger partial charge on any atom is -0.298 e. The lowest BCUT2D eigenvalue weighted by Gasteiger charge is -2.38. The molecule has 0 aliphatic rings. The highest BCUT2D eigenvalue weighted by Gasteiger charge is 2.36. The van der Waals surface area contributed by atoms with Crippen LogP contribution >= 0.6 is 0 Å². The van der Waals surface area contributed by atoms with Gasteiger partial charge in [-0.3, -0.25) is 4.90 Å². The van der Waals surface area contributed by atoms with Gasteiger partial charge in [-0.15, -0.1) is 0 Å². The summed E-state index contributed by atoms with van der Waals surface area (Å²) in [5, 5.41) is 0. The molecule has 0 heterocycles. The van der Waals surface area contributed by atoms with Crippen molar-refractivity contribution >= 4 is 17.1 Å². The SMILES string of the molecule is CCN(CC)CC[N+](c1ccccc1)(c1ccccc1)c1ccccc1. The average Bonchev–Trinajstić information content (AvgIpc) is 2.74. The average molecular weight is 346 g/mol. The molecule has 0 N–H and O–H groups in total. The summed E-state index contributed by atoms with van der Waals surface area (Å²) < 4.78 is 0.735. The second-order valence-corrected chi connectivity index (χ2v) is 6.57. The minimum absolute atomic E-state index is 0.735. The number of quaternary nitrogens is 1. The zero-order valence-corrected chi connectivity index (χ0v) is 15.9. The summed E-state index contributed by atoms with van der Waals surface area (Å²) in [6, 6.07) is 32.7. The Bertz CT molecular complexity index is 668. The second-order valence-electron chi connectivity index (χ2n) is 6.57. The summed E-state index contributed by atoms with van der Waals surface area (Å²) >= 11 is 0. The molecule has 2 heteroatoms. The highest BCUT2D eigenvalue weighted by Crippen LogP contribution is 2.43. The van der Waals surface area contributed by atoms with Crippen LogP contribution in [0.1, 0.15) is 13.8 Å². The van der Waals surface area contributed by atoms with E-state index in [-0.39, 0.29) is 0 Å². The molecule has 3 aromatic rings. The molecule has 0 saturated carbocycles. The predicted molar refractivity (Wildman–Crippen MR) is 113 cm³/mol. The van der Waals surface area contributed by atoms with Gasteiger partial charge in [0, 0.05) is 6.54 Å². The molecular formula is C24H29N2+. The molecule has 2 nitrogen and oxygen atoms in total. The molecule has 0 spiro atoms. The Morgan fingerprint density at radius 2 is 0.923 bits per heavy atom. The van der Waals surface area contributed by atoms with Crippen molar-refractivity contribution in [3.63, 3.8) is 0 Å². The molecule has 0 unspecified atom stereocenters. The van der Waals surface area contributed by atoms with E-state index in [1.807, 2.05) is 0 Å². The fourth-order valence-electron chi connectivity index (χ4n) is 3.71. The lowest BCUT2D eigenvalue weighted by molar-refractivity contribution is 0.283. The van der Waals surface area contributed by atoms with Crippen molar-refractivity contribution in [2.45, 2.75) is 13.8 Å². The third-order valence-electron chi connectivity index (χ3n) is 5.24. The largest absolute Gasteiger partial charge is 0.298 e. The van der Waals surface area contributed by atoms with Gasteiger partial charge in [0.25, 0.3) is 0 Å². The van der Waals surface area contributed by atoms with E-state index in [1.165, 1.54) is 17.1 Å². The maximum absolute atomic E-state index is 2.50. The van der Waals surface area contributed by atoms with Crippen LogP contribution in [0.4, 0.5) is 17.1 Å². The first-order valence-electron chi connectivity index (χ1n) is 9.58. The smallest absolute Gasteiger partial charge is 0.143 e. The van der Waals surface area contributed by atoms with Gasteiger partial charge in [-0.1, -0.05) is 68.4 Å². The number of rotatable bonds is 8. The van der Waals surface area contributed by atoms with Crippen LogP contribution in [0.15, 0.2) is 91.0 Å². The van der Waals surface area contributed by atoms with Gasteiger partial charge in [-0.25, -0.2) is 4.48 Å². The van der Waals surface area contributed by atoms with Crippen LogP contribution in [0.25, 0.3) is 0 Å². The lowest BCUT2D eigenvalue weighted by Crippen LogP contribution is -2.45. The number of hydrogen-bond donors (Lipinski definition) is 0. The molecule has 0 aromatic heterocycles. The number of nitrogens with zero attached hydrogens (tertiary/aromatic N) is 2. The Morgan fingerprint density at radius 3 is 1.23 bits per heavy atom. The number of para-hydroxylation sites is 3. The molecule has 0 saturated heterocycles. The summed E-state index contributed by atoms with van der Waals surface area (Å²) in [4.78, 5) is 2.50. The molecule has 0 amide bonds. The van der Waals surface area contributed by atoms with E-state index in [1.54, 1.807) is 0 Å². The van der Waals surface area contributed by atoms with Gasteiger partial charge < -0.3 is 0 Å². The van der Waals surface area contributed by atoms with Crippen molar-refractivity contribution in [3.05, 3.63) is 91.0 Å². The molecule has 3 rings (SSSR count). The van der Waals surface area contributed by atoms with Gasteiger partial charge in [0.2, 0.25) is 0 Å². The Labute approximate surface area is 157 Å². The van der Waals surface area contributed by atoms with Gasteiger partial charge >= 0.3 is 0 Å². The van der Waals surface area contributed by atoms with Gasteiger partial charge in [0.05, 0.1) is 0 Å². The highest BCUT2D eigenvalue weighted by molar-refractivity contribution is 5.70. The number of likely N-dealkylation sites (N-methyl/N-ethyl adjacent to an activating group) is 1. The van der Waals surface area contributed by atoms with Gasteiger partial charge in [0.15, 0.2) is 0 Å². The summed E-state index contributed by atoms with van der Waals surface area (Å²) in [6.07, 6.45) is 0. The van der Waals surface area contributed by atoms with E-state index >= 15 is 0 Å². The molecule has 134 valence electrons. The van der Waals surface area contributed by atoms with E-state index in [0.29, 0.717) is 0 Å². The molecule has 0 radical (unpaired) electrons. The van der Waals surface area contributed by atoms with E-state index in [2.05, 4.69) is 110 Å². The molecule has 0 bridgehead atoms. The summed E-state index contributed by atoms with van der Waals surface area (Å²) in [5.74, 6) is 0. The monoisotopic (exact) mass is 345 g/mol. The van der Waals surface area contributed by atoms with Gasteiger partial charge in [-0.2, -0.15) is 0 Å². The molecule has 0 atom stereocenters. The van der Waals surface area contributed by atoms with Crippen LogP contribution in [0.2, 0.25) is 0 Å². The zero-order chi connectivity index (χ0) is 18.2. The van der Waals surface area contributed by atoms with E-state index in [0.717, 1.165) is 30.7 Å². The van der Waals surface area contributed by atoms with Crippen LogP contribution in [0.5, 0.6) is 0 Å². The quantitative estimate of drug-likeness (QED) is 0.453. The van der Waals surface area contributed by atoms with E-state index in [4.69, 9.17) is 0 Å². The Balaban J connectivity index is 2.18. The van der Waals surface area contributed by atoms with Crippen LogP contribution in [0, 0.1) is 0 Å². The van der Waals surface area contributed by atoms with E-state index in [9.17, 15) is 0 Å². The topological polar surface area (TPSA) is 3.24 Å². The summed E-state index contributed by atoms with van der Waals surface area (Å²) in [5.41, 5.74) is 3.91. The number of hydrogen-bond acceptors (Lipinski definition) is 1. The first kappa shape index (κ1) is 18.4. The molecular weight excluding hydrogens is 316 g/mol. The fourth-order valence-corrected chi connectivity index (χ4v) is 3.71. The van der Waals surface area contributed by atoms with Gasteiger partial charge in [-0.05, 0) is 49.5 Å². The number of benzene rings is 3. The molecule has 3 aromatic carbocycles. The minimum atomic E-state index is 0.735. The maximum atomic E-state index is 2.50. The van der Waals surface area contributed by atoms with Crippen molar-refractivity contribution < 1.29 is 0 Å². The Kier molecular flexibility index (Phi) is 6.21. The van der Waals surface area contributed by atoms with Crippen LogP contribution < -0.4 is 4.48 Å². The fraction of sp³-hybridized carbons (Fsp3) is 0.250. The standard InChI is InChI=1S/C24H29N2/c1-3-25(4-2)20-21-26(22-14-8-5-9-15-22,23-16-10-6-11-17-23)24-18-12-7-13-19-24/h5-19H,3-4,20-21H2,1-2H3/q+1. The first-order chi connectivity index (χ1) is 12.8. The maximum Gasteiger partial charge on any atom is 0.143 e. The van der Waals surface area contributed by atoms with Crippen LogP contribution in [0.3, 0.4) is 0 Å². The van der Waals surface area contributed by atoms with Crippen molar-refractivity contribution in [1.29, 1.82) is 0 Å². The van der Waals surface area contributed by atoms with Crippen molar-refractivity contribution in [2.75, 3.05) is 26.2 Å². The second kappa shape index (κ2) is 8.79. The lowest BCUT2D eigenvalue weighted by atomic mass is 10.1. The van der Waals surface area contributed by atoms with Crippen molar-refractivity contribution in [1.82, 2.24) is 9.38 Å². The molecule has 0 aliphatic heterocycles. The highest BCUT2D eigenvalue weighted by atomic mass is 15.4. The van der Waals surface area contributed by atoms with Gasteiger partial charge in [0.1, 0.15) is 23.6 Å². The predicted octanol–water partition coefficient (Wildman–Crippen LogP) is 6.00. The normalized spacial score (nSPS) is 11.7. The Hall–Kier alpha value is -2.42. The van der Waals surface area contributed by atoms with E-state index < -0.39 is 0 Å². The third-order valence-corrected chi connectivity index (χ3v) is 5.24. The molecule has 26 heavy (non-hydrogen) atoms. The summed E-state index contributed by atoms with van der Waals surface area (Å²) in [7, 11) is 0. The van der Waals surface area contributed by atoms with Crippen molar-refractivity contribution in [3.8, 4) is 0 Å². The zero-order valence-electron chi connectivity index (χ0n) is 15.9. The van der Waals surface area contributed by atoms with Crippen LogP contribution in [-0.2, 0) is 0 Å². The Morgan fingerprint density at radius 1 is 0.577 bits per heavy atom. The first-order valence-corrected chi connectivity index (χ1v) is 9.58. The van der Waals surface area contributed by atoms with Crippen LogP contribution in [-0.4, -0.2) is 31.1 Å². The molecule has 0 aliphatic carbocycles. The third kappa shape index (κ3) is 3.72. The molecule has 0 fully saturated rings.